The summed E-state index contributed by atoms with van der Waals surface area (Å²) in [7, 11) is 0. The van der Waals surface area contributed by atoms with Gasteiger partial charge >= 0.3 is 0 Å². The molecule has 5 nitrogen and oxygen atoms in total. The molecule has 1 saturated heterocycles. The van der Waals surface area contributed by atoms with Crippen LogP contribution in [0.3, 0.4) is 0 Å². The minimum absolute atomic E-state index is 0.252. The Balaban J connectivity index is 1.41. The number of H-pyrrole nitrogens is 1. The van der Waals surface area contributed by atoms with Crippen LogP contribution in [-0.2, 0) is 6.54 Å². The number of nitrogens with one attached hydrogen (secondary N) is 1. The summed E-state index contributed by atoms with van der Waals surface area (Å²) in [6, 6.07) is 11.1. The lowest BCUT2D eigenvalue weighted by atomic mass is 10.3. The average Bonchev–Trinajstić information content (AvgIpc) is 2.98. The molecule has 1 fully saturated rings. The third-order valence-electron chi connectivity index (χ3n) is 4.22. The van der Waals surface area contributed by atoms with Gasteiger partial charge in [0.1, 0.15) is 5.82 Å². The van der Waals surface area contributed by atoms with Gasteiger partial charge in [0.15, 0.2) is 11.6 Å². The molecule has 0 spiro atoms. The van der Waals surface area contributed by atoms with Gasteiger partial charge in [0.25, 0.3) is 0 Å². The van der Waals surface area contributed by atoms with Crippen molar-refractivity contribution in [3.8, 4) is 0 Å². The molecule has 0 bridgehead atoms. The normalized spacial score (nSPS) is 16.1. The number of nitrogens with zero attached hydrogens (tertiary/aromatic N) is 4. The molecule has 6 heteroatoms. The number of para-hydroxylation sites is 2. The van der Waals surface area contributed by atoms with E-state index >= 15 is 0 Å². The van der Waals surface area contributed by atoms with Crippen LogP contribution in [0.25, 0.3) is 11.0 Å². The highest BCUT2D eigenvalue weighted by Crippen LogP contribution is 2.18. The number of hydrogen-bond donors (Lipinski definition) is 1. The first-order valence-electron chi connectivity index (χ1n) is 7.81. The number of aromatic amines is 1. The second kappa shape index (κ2) is 5.96. The largest absolute Gasteiger partial charge is 0.352 e. The molecular formula is C17H18FN5. The van der Waals surface area contributed by atoms with Crippen molar-refractivity contribution in [1.82, 2.24) is 19.9 Å². The standard InChI is InChI=1S/C17H18FN5/c18-13-4-3-7-19-17(13)23-10-8-22(9-11-23)12-16-20-14-5-1-2-6-15(14)21-16/h1-7H,8-12H2,(H,20,21). The molecule has 3 aromatic rings. The summed E-state index contributed by atoms with van der Waals surface area (Å²) < 4.78 is 13.8. The Morgan fingerprint density at radius 1 is 1.04 bits per heavy atom. The number of imidazole rings is 1. The minimum Gasteiger partial charge on any atom is -0.352 e. The van der Waals surface area contributed by atoms with Crippen LogP contribution >= 0.6 is 0 Å². The number of aromatic nitrogens is 3. The van der Waals surface area contributed by atoms with Gasteiger partial charge in [-0.05, 0) is 24.3 Å². The first kappa shape index (κ1) is 14.1. The van der Waals surface area contributed by atoms with Crippen molar-refractivity contribution in [3.05, 3.63) is 54.2 Å². The molecule has 0 aliphatic carbocycles. The van der Waals surface area contributed by atoms with Crippen LogP contribution in [0, 0.1) is 5.82 Å². The topological polar surface area (TPSA) is 48.1 Å². The van der Waals surface area contributed by atoms with Gasteiger partial charge in [0, 0.05) is 32.4 Å². The maximum Gasteiger partial charge on any atom is 0.165 e. The third-order valence-corrected chi connectivity index (χ3v) is 4.22. The van der Waals surface area contributed by atoms with Gasteiger partial charge in [-0.1, -0.05) is 12.1 Å². The molecule has 0 unspecified atom stereocenters. The highest BCUT2D eigenvalue weighted by Gasteiger charge is 2.21. The lowest BCUT2D eigenvalue weighted by Gasteiger charge is -2.35. The second-order valence-electron chi connectivity index (χ2n) is 5.77. The van der Waals surface area contributed by atoms with Crippen LogP contribution in [0.2, 0.25) is 0 Å². The zero-order valence-electron chi connectivity index (χ0n) is 12.7. The number of anilines is 1. The maximum atomic E-state index is 13.8. The zero-order valence-corrected chi connectivity index (χ0v) is 12.7. The lowest BCUT2D eigenvalue weighted by Crippen LogP contribution is -2.46. The highest BCUT2D eigenvalue weighted by molar-refractivity contribution is 5.74. The maximum absolute atomic E-state index is 13.8. The van der Waals surface area contributed by atoms with Gasteiger partial charge in [-0.25, -0.2) is 14.4 Å². The number of piperazine rings is 1. The number of pyridine rings is 1. The van der Waals surface area contributed by atoms with Gasteiger partial charge < -0.3 is 9.88 Å². The molecule has 23 heavy (non-hydrogen) atoms. The molecule has 118 valence electrons. The number of rotatable bonds is 3. The van der Waals surface area contributed by atoms with E-state index in [-0.39, 0.29) is 5.82 Å². The summed E-state index contributed by atoms with van der Waals surface area (Å²) in [5.41, 5.74) is 2.06. The van der Waals surface area contributed by atoms with Gasteiger partial charge in [0.2, 0.25) is 0 Å². The molecule has 3 heterocycles. The smallest absolute Gasteiger partial charge is 0.165 e. The quantitative estimate of drug-likeness (QED) is 0.807. The molecule has 1 aromatic carbocycles. The Labute approximate surface area is 133 Å². The van der Waals surface area contributed by atoms with Crippen molar-refractivity contribution < 1.29 is 4.39 Å². The molecule has 1 aliphatic rings. The molecule has 0 amide bonds. The van der Waals surface area contributed by atoms with Crippen LogP contribution in [0.15, 0.2) is 42.6 Å². The fourth-order valence-electron chi connectivity index (χ4n) is 3.02. The van der Waals surface area contributed by atoms with Crippen molar-refractivity contribution in [2.75, 3.05) is 31.1 Å². The Bertz CT molecular complexity index is 774. The number of fused-ring (bicyclic) bond motifs is 1. The van der Waals surface area contributed by atoms with Gasteiger partial charge in [-0.3, -0.25) is 4.90 Å². The van der Waals surface area contributed by atoms with E-state index in [0.29, 0.717) is 5.82 Å². The lowest BCUT2D eigenvalue weighted by molar-refractivity contribution is 0.243. The average molecular weight is 311 g/mol. The van der Waals surface area contributed by atoms with Crippen LogP contribution < -0.4 is 4.90 Å². The summed E-state index contributed by atoms with van der Waals surface area (Å²) in [4.78, 5) is 16.5. The highest BCUT2D eigenvalue weighted by atomic mass is 19.1. The monoisotopic (exact) mass is 311 g/mol. The Morgan fingerprint density at radius 3 is 2.65 bits per heavy atom. The van der Waals surface area contributed by atoms with E-state index in [2.05, 4.69) is 19.9 Å². The molecule has 1 N–H and O–H groups in total. The van der Waals surface area contributed by atoms with Gasteiger partial charge in [0.05, 0.1) is 17.6 Å². The van der Waals surface area contributed by atoms with Crippen LogP contribution in [0.1, 0.15) is 5.82 Å². The van der Waals surface area contributed by atoms with Crippen LogP contribution in [0.5, 0.6) is 0 Å². The van der Waals surface area contributed by atoms with E-state index in [1.165, 1.54) is 6.07 Å². The third kappa shape index (κ3) is 2.90. The first-order chi connectivity index (χ1) is 11.3. The van der Waals surface area contributed by atoms with Crippen molar-refractivity contribution in [3.63, 3.8) is 0 Å². The summed E-state index contributed by atoms with van der Waals surface area (Å²) in [5.74, 6) is 1.18. The molecule has 1 aliphatic heterocycles. The first-order valence-corrected chi connectivity index (χ1v) is 7.81. The van der Waals surface area contributed by atoms with E-state index < -0.39 is 0 Å². The van der Waals surface area contributed by atoms with Crippen LogP contribution in [-0.4, -0.2) is 46.0 Å². The fraction of sp³-hybridized carbons (Fsp3) is 0.294. The molecule has 0 radical (unpaired) electrons. The van der Waals surface area contributed by atoms with E-state index in [1.807, 2.05) is 29.2 Å². The number of halogens is 1. The Hall–Kier alpha value is -2.47. The molecule has 0 atom stereocenters. The Kier molecular flexibility index (Phi) is 3.67. The Morgan fingerprint density at radius 2 is 1.87 bits per heavy atom. The molecule has 4 rings (SSSR count). The van der Waals surface area contributed by atoms with Gasteiger partial charge in [-0.15, -0.1) is 0 Å². The van der Waals surface area contributed by atoms with Crippen molar-refractivity contribution >= 4 is 16.9 Å². The summed E-state index contributed by atoms with van der Waals surface area (Å²) >= 11 is 0. The minimum atomic E-state index is -0.252. The van der Waals surface area contributed by atoms with Crippen molar-refractivity contribution in [2.45, 2.75) is 6.54 Å². The van der Waals surface area contributed by atoms with E-state index in [9.17, 15) is 4.39 Å². The van der Waals surface area contributed by atoms with Crippen molar-refractivity contribution in [1.29, 1.82) is 0 Å². The number of benzene rings is 1. The molecular weight excluding hydrogens is 293 g/mol. The van der Waals surface area contributed by atoms with Crippen molar-refractivity contribution in [2.24, 2.45) is 0 Å². The number of hydrogen-bond acceptors (Lipinski definition) is 4. The molecule has 2 aromatic heterocycles. The second-order valence-corrected chi connectivity index (χ2v) is 5.77. The summed E-state index contributed by atoms with van der Waals surface area (Å²) in [6.07, 6.45) is 1.64. The predicted molar refractivity (Wildman–Crippen MR) is 87.8 cm³/mol. The van der Waals surface area contributed by atoms with Gasteiger partial charge in [-0.2, -0.15) is 0 Å². The summed E-state index contributed by atoms with van der Waals surface area (Å²) in [6.45, 7) is 4.07. The van der Waals surface area contributed by atoms with Crippen LogP contribution in [0.4, 0.5) is 10.2 Å². The zero-order chi connectivity index (χ0) is 15.6. The van der Waals surface area contributed by atoms with E-state index in [4.69, 9.17) is 0 Å². The summed E-state index contributed by atoms with van der Waals surface area (Å²) in [5, 5.41) is 0. The van der Waals surface area contributed by atoms with E-state index in [0.717, 1.165) is 49.6 Å². The SMILES string of the molecule is Fc1cccnc1N1CCN(Cc2nc3ccccc3[nH]2)CC1. The molecule has 0 saturated carbocycles. The predicted octanol–water partition coefficient (Wildman–Crippen LogP) is 2.42. The fourth-order valence-corrected chi connectivity index (χ4v) is 3.02. The van der Waals surface area contributed by atoms with E-state index in [1.54, 1.807) is 12.3 Å².